The Kier molecular flexibility index (Phi) is 3.10. The van der Waals surface area contributed by atoms with Crippen LogP contribution in [0.5, 0.6) is 5.75 Å². The van der Waals surface area contributed by atoms with Crippen LogP contribution in [0.2, 0.25) is 0 Å². The molecule has 0 saturated heterocycles. The topological polar surface area (TPSA) is 58.6 Å². The van der Waals surface area contributed by atoms with Crippen molar-refractivity contribution in [1.82, 2.24) is 5.32 Å². The first-order chi connectivity index (χ1) is 7.68. The maximum atomic E-state index is 10.7. The van der Waals surface area contributed by atoms with E-state index >= 15 is 0 Å². The molecule has 16 heavy (non-hydrogen) atoms. The Balaban J connectivity index is 1.96. The summed E-state index contributed by atoms with van der Waals surface area (Å²) in [5.74, 6) is 0.336. The minimum atomic E-state index is -0.827. The van der Waals surface area contributed by atoms with E-state index in [-0.39, 0.29) is 5.92 Å². The number of carbonyl (C=O) groups is 1. The molecule has 1 aromatic rings. The van der Waals surface area contributed by atoms with E-state index in [9.17, 15) is 4.79 Å². The van der Waals surface area contributed by atoms with Crippen molar-refractivity contribution in [2.24, 2.45) is 0 Å². The number of para-hydroxylation sites is 1. The lowest BCUT2D eigenvalue weighted by molar-refractivity contribution is -0.139. The second-order valence-electron chi connectivity index (χ2n) is 4.01. The summed E-state index contributed by atoms with van der Waals surface area (Å²) >= 11 is 0. The summed E-state index contributed by atoms with van der Waals surface area (Å²) in [6.45, 7) is 2.90. The SMILES string of the molecule is C[C@H](NCC1COc2ccccc21)C(=O)O. The molecule has 1 unspecified atom stereocenters. The number of fused-ring (bicyclic) bond motifs is 1. The van der Waals surface area contributed by atoms with Gasteiger partial charge < -0.3 is 15.2 Å². The predicted molar refractivity (Wildman–Crippen MR) is 59.8 cm³/mol. The monoisotopic (exact) mass is 221 g/mol. The number of rotatable bonds is 4. The minimum Gasteiger partial charge on any atom is -0.493 e. The van der Waals surface area contributed by atoms with Crippen LogP contribution in [0.4, 0.5) is 0 Å². The summed E-state index contributed by atoms with van der Waals surface area (Å²) in [5, 5.41) is 11.7. The van der Waals surface area contributed by atoms with Crippen LogP contribution in [0.1, 0.15) is 18.4 Å². The first kappa shape index (κ1) is 11.0. The number of carboxylic acid groups (broad SMARTS) is 1. The molecule has 1 heterocycles. The highest BCUT2D eigenvalue weighted by Crippen LogP contribution is 2.32. The summed E-state index contributed by atoms with van der Waals surface area (Å²) in [7, 11) is 0. The van der Waals surface area contributed by atoms with Crippen molar-refractivity contribution in [3.05, 3.63) is 29.8 Å². The van der Waals surface area contributed by atoms with Gasteiger partial charge >= 0.3 is 5.97 Å². The first-order valence-corrected chi connectivity index (χ1v) is 5.36. The van der Waals surface area contributed by atoms with Gasteiger partial charge in [0, 0.05) is 18.0 Å². The molecule has 0 bridgehead atoms. The van der Waals surface area contributed by atoms with E-state index in [0.717, 1.165) is 11.3 Å². The van der Waals surface area contributed by atoms with Crippen molar-refractivity contribution < 1.29 is 14.6 Å². The van der Waals surface area contributed by atoms with Crippen LogP contribution in [0, 0.1) is 0 Å². The number of ether oxygens (including phenoxy) is 1. The number of carboxylic acids is 1. The van der Waals surface area contributed by atoms with Crippen molar-refractivity contribution in [2.75, 3.05) is 13.2 Å². The second-order valence-corrected chi connectivity index (χ2v) is 4.01. The summed E-state index contributed by atoms with van der Waals surface area (Å²) in [6, 6.07) is 7.36. The number of hydrogen-bond donors (Lipinski definition) is 2. The standard InChI is InChI=1S/C12H15NO3/c1-8(12(14)15)13-6-9-7-16-11-5-3-2-4-10(9)11/h2-5,8-9,13H,6-7H2,1H3,(H,14,15)/t8-,9?/m0/s1. The fourth-order valence-electron chi connectivity index (χ4n) is 1.80. The van der Waals surface area contributed by atoms with Crippen molar-refractivity contribution in [2.45, 2.75) is 18.9 Å². The Morgan fingerprint density at radius 1 is 1.62 bits per heavy atom. The molecule has 1 aromatic carbocycles. The summed E-state index contributed by atoms with van der Waals surface area (Å²) in [6.07, 6.45) is 0. The second kappa shape index (κ2) is 4.53. The molecule has 2 rings (SSSR count). The number of hydrogen-bond acceptors (Lipinski definition) is 3. The van der Waals surface area contributed by atoms with E-state index in [0.29, 0.717) is 13.2 Å². The molecule has 0 saturated carbocycles. The Labute approximate surface area is 94.2 Å². The molecule has 2 N–H and O–H groups in total. The van der Waals surface area contributed by atoms with Crippen LogP contribution in [0.15, 0.2) is 24.3 Å². The third kappa shape index (κ3) is 2.17. The van der Waals surface area contributed by atoms with Crippen molar-refractivity contribution >= 4 is 5.97 Å². The van der Waals surface area contributed by atoms with Gasteiger partial charge in [-0.3, -0.25) is 4.79 Å². The molecule has 1 aliphatic rings. The van der Waals surface area contributed by atoms with Gasteiger partial charge in [0.2, 0.25) is 0 Å². The lowest BCUT2D eigenvalue weighted by Gasteiger charge is -2.13. The van der Waals surface area contributed by atoms with Gasteiger partial charge in [0.25, 0.3) is 0 Å². The summed E-state index contributed by atoms with van der Waals surface area (Å²) < 4.78 is 5.52. The van der Waals surface area contributed by atoms with Gasteiger partial charge in [-0.05, 0) is 13.0 Å². The van der Waals surface area contributed by atoms with Gasteiger partial charge in [0.1, 0.15) is 11.8 Å². The summed E-state index contributed by atoms with van der Waals surface area (Å²) in [4.78, 5) is 10.7. The molecular formula is C12H15NO3. The van der Waals surface area contributed by atoms with Crippen molar-refractivity contribution in [1.29, 1.82) is 0 Å². The van der Waals surface area contributed by atoms with E-state index in [2.05, 4.69) is 5.32 Å². The highest BCUT2D eigenvalue weighted by molar-refractivity contribution is 5.72. The average Bonchev–Trinajstić information content (AvgIpc) is 2.69. The van der Waals surface area contributed by atoms with E-state index in [4.69, 9.17) is 9.84 Å². The van der Waals surface area contributed by atoms with E-state index in [1.165, 1.54) is 0 Å². The maximum absolute atomic E-state index is 10.7. The van der Waals surface area contributed by atoms with E-state index in [1.54, 1.807) is 6.92 Å². The van der Waals surface area contributed by atoms with Crippen LogP contribution in [-0.4, -0.2) is 30.3 Å². The lowest BCUT2D eigenvalue weighted by Crippen LogP contribution is -2.36. The van der Waals surface area contributed by atoms with E-state index < -0.39 is 12.0 Å². The van der Waals surface area contributed by atoms with Crippen LogP contribution in [-0.2, 0) is 4.79 Å². The molecule has 4 heteroatoms. The van der Waals surface area contributed by atoms with Gasteiger partial charge in [-0.1, -0.05) is 18.2 Å². The zero-order valence-electron chi connectivity index (χ0n) is 9.14. The Hall–Kier alpha value is -1.55. The lowest BCUT2D eigenvalue weighted by atomic mass is 10.0. The number of aliphatic carboxylic acids is 1. The van der Waals surface area contributed by atoms with Crippen molar-refractivity contribution in [3.8, 4) is 5.75 Å². The van der Waals surface area contributed by atoms with Gasteiger partial charge in [0.05, 0.1) is 6.61 Å². The number of benzene rings is 1. The third-order valence-corrected chi connectivity index (χ3v) is 2.84. The molecule has 0 spiro atoms. The van der Waals surface area contributed by atoms with Crippen molar-refractivity contribution in [3.63, 3.8) is 0 Å². The molecular weight excluding hydrogens is 206 g/mol. The first-order valence-electron chi connectivity index (χ1n) is 5.36. The molecule has 0 aromatic heterocycles. The zero-order valence-corrected chi connectivity index (χ0v) is 9.14. The molecule has 0 fully saturated rings. The van der Waals surface area contributed by atoms with Gasteiger partial charge in [-0.25, -0.2) is 0 Å². The molecule has 0 amide bonds. The quantitative estimate of drug-likeness (QED) is 0.802. The van der Waals surface area contributed by atoms with Crippen LogP contribution >= 0.6 is 0 Å². The van der Waals surface area contributed by atoms with Gasteiger partial charge in [-0.15, -0.1) is 0 Å². The minimum absolute atomic E-state index is 0.248. The average molecular weight is 221 g/mol. The fourth-order valence-corrected chi connectivity index (χ4v) is 1.80. The molecule has 86 valence electrons. The Bertz CT molecular complexity index is 392. The highest BCUT2D eigenvalue weighted by atomic mass is 16.5. The van der Waals surface area contributed by atoms with Crippen LogP contribution in [0.25, 0.3) is 0 Å². The third-order valence-electron chi connectivity index (χ3n) is 2.84. The predicted octanol–water partition coefficient (Wildman–Crippen LogP) is 1.23. The Morgan fingerprint density at radius 2 is 2.38 bits per heavy atom. The smallest absolute Gasteiger partial charge is 0.320 e. The van der Waals surface area contributed by atoms with Gasteiger partial charge in [-0.2, -0.15) is 0 Å². The molecule has 1 aliphatic heterocycles. The fraction of sp³-hybridized carbons (Fsp3) is 0.417. The normalized spacial score (nSPS) is 19.9. The molecule has 0 radical (unpaired) electrons. The maximum Gasteiger partial charge on any atom is 0.320 e. The highest BCUT2D eigenvalue weighted by Gasteiger charge is 2.24. The molecule has 4 nitrogen and oxygen atoms in total. The Morgan fingerprint density at radius 3 is 3.12 bits per heavy atom. The molecule has 0 aliphatic carbocycles. The summed E-state index contributed by atoms with van der Waals surface area (Å²) in [5.41, 5.74) is 1.16. The largest absolute Gasteiger partial charge is 0.493 e. The van der Waals surface area contributed by atoms with Crippen LogP contribution < -0.4 is 10.1 Å². The number of nitrogens with one attached hydrogen (secondary N) is 1. The van der Waals surface area contributed by atoms with E-state index in [1.807, 2.05) is 24.3 Å². The zero-order chi connectivity index (χ0) is 11.5. The molecule has 2 atom stereocenters. The van der Waals surface area contributed by atoms with Crippen LogP contribution in [0.3, 0.4) is 0 Å². The van der Waals surface area contributed by atoms with Gasteiger partial charge in [0.15, 0.2) is 0 Å².